The third kappa shape index (κ3) is 6.52. The molecule has 0 unspecified atom stereocenters. The molecule has 0 bridgehead atoms. The van der Waals surface area contributed by atoms with Crippen molar-refractivity contribution in [3.05, 3.63) is 72.1 Å². The van der Waals surface area contributed by atoms with Gasteiger partial charge in [-0.15, -0.1) is 0 Å². The molecule has 0 N–H and O–H groups in total. The Hall–Kier alpha value is -2.48. The molecule has 0 amide bonds. The van der Waals surface area contributed by atoms with E-state index in [1.807, 2.05) is 12.4 Å². The molecule has 3 aromatic rings. The molecule has 2 heterocycles. The summed E-state index contributed by atoms with van der Waals surface area (Å²) in [5.41, 5.74) is 6.96. The van der Waals surface area contributed by atoms with Gasteiger partial charge in [-0.1, -0.05) is 82.7 Å². The molecule has 0 aliphatic heterocycles. The monoisotopic (exact) mass is 386 g/mol. The lowest BCUT2D eigenvalue weighted by atomic mass is 10.0. The Labute approximate surface area is 176 Å². The quantitative estimate of drug-likeness (QED) is 0.316. The molecule has 2 nitrogen and oxygen atoms in total. The fourth-order valence-corrected chi connectivity index (χ4v) is 3.70. The number of pyridine rings is 2. The van der Waals surface area contributed by atoms with Gasteiger partial charge in [0.05, 0.1) is 11.4 Å². The van der Waals surface area contributed by atoms with E-state index in [1.54, 1.807) is 0 Å². The second kappa shape index (κ2) is 11.5. The van der Waals surface area contributed by atoms with Gasteiger partial charge in [0.2, 0.25) is 0 Å². The predicted molar refractivity (Wildman–Crippen MR) is 124 cm³/mol. The number of aromatic nitrogens is 2. The summed E-state index contributed by atoms with van der Waals surface area (Å²) in [6.45, 7) is 4.46. The lowest BCUT2D eigenvalue weighted by Crippen LogP contribution is -1.90. The van der Waals surface area contributed by atoms with Crippen molar-refractivity contribution in [1.29, 1.82) is 0 Å². The van der Waals surface area contributed by atoms with Gasteiger partial charge in [-0.25, -0.2) is 0 Å². The van der Waals surface area contributed by atoms with E-state index in [4.69, 9.17) is 0 Å². The van der Waals surface area contributed by atoms with E-state index in [0.29, 0.717) is 0 Å². The summed E-state index contributed by atoms with van der Waals surface area (Å²) in [7, 11) is 0. The fourth-order valence-electron chi connectivity index (χ4n) is 3.70. The number of hydrogen-bond acceptors (Lipinski definition) is 2. The predicted octanol–water partition coefficient (Wildman–Crippen LogP) is 7.67. The molecule has 0 fully saturated rings. The average Bonchev–Trinajstić information content (AvgIpc) is 2.78. The van der Waals surface area contributed by atoms with E-state index < -0.39 is 0 Å². The van der Waals surface area contributed by atoms with Crippen molar-refractivity contribution in [3.8, 4) is 22.5 Å². The van der Waals surface area contributed by atoms with Crippen LogP contribution in [0, 0.1) is 0 Å². The second-order valence-corrected chi connectivity index (χ2v) is 7.95. The summed E-state index contributed by atoms with van der Waals surface area (Å²) in [4.78, 5) is 9.27. The van der Waals surface area contributed by atoms with Crippen molar-refractivity contribution in [2.75, 3.05) is 0 Å². The van der Waals surface area contributed by atoms with Gasteiger partial charge in [0.15, 0.2) is 0 Å². The number of rotatable bonds is 11. The minimum absolute atomic E-state index is 0.984. The van der Waals surface area contributed by atoms with Gasteiger partial charge in [0.1, 0.15) is 0 Å². The van der Waals surface area contributed by atoms with Crippen LogP contribution in [0.3, 0.4) is 0 Å². The first kappa shape index (κ1) is 21.2. The van der Waals surface area contributed by atoms with Crippen molar-refractivity contribution in [2.45, 2.75) is 71.6 Å². The molecule has 29 heavy (non-hydrogen) atoms. The van der Waals surface area contributed by atoms with Gasteiger partial charge >= 0.3 is 0 Å². The number of hydrogen-bond donors (Lipinski definition) is 0. The molecule has 1 aromatic carbocycles. The highest BCUT2D eigenvalue weighted by atomic mass is 14.7. The first-order valence-electron chi connectivity index (χ1n) is 11.3. The van der Waals surface area contributed by atoms with E-state index in [9.17, 15) is 0 Å². The van der Waals surface area contributed by atoms with Crippen molar-refractivity contribution in [1.82, 2.24) is 9.97 Å². The molecule has 0 aliphatic carbocycles. The molecular formula is C27H34N2. The summed E-state index contributed by atoms with van der Waals surface area (Å²) < 4.78 is 0. The summed E-state index contributed by atoms with van der Waals surface area (Å²) in [6.07, 6.45) is 15.4. The molecule has 152 valence electrons. The van der Waals surface area contributed by atoms with Gasteiger partial charge in [-0.05, 0) is 48.6 Å². The highest BCUT2D eigenvalue weighted by molar-refractivity contribution is 5.64. The van der Waals surface area contributed by atoms with Crippen molar-refractivity contribution < 1.29 is 0 Å². The minimum Gasteiger partial charge on any atom is -0.256 e. The first-order chi connectivity index (χ1) is 14.3. The van der Waals surface area contributed by atoms with Crippen LogP contribution in [-0.4, -0.2) is 9.97 Å². The second-order valence-electron chi connectivity index (χ2n) is 7.95. The third-order valence-corrected chi connectivity index (χ3v) is 5.49. The normalized spacial score (nSPS) is 11.0. The summed E-state index contributed by atoms with van der Waals surface area (Å²) in [6, 6.07) is 17.4. The molecule has 0 spiro atoms. The molecule has 0 saturated heterocycles. The lowest BCUT2D eigenvalue weighted by molar-refractivity contribution is 0.607. The van der Waals surface area contributed by atoms with Crippen LogP contribution in [0.1, 0.15) is 69.9 Å². The van der Waals surface area contributed by atoms with E-state index in [1.165, 1.54) is 61.6 Å². The zero-order valence-corrected chi connectivity index (χ0v) is 18.0. The average molecular weight is 387 g/mol. The maximum absolute atomic E-state index is 4.68. The third-order valence-electron chi connectivity index (χ3n) is 5.49. The lowest BCUT2D eigenvalue weighted by Gasteiger charge is -2.06. The van der Waals surface area contributed by atoms with E-state index >= 15 is 0 Å². The van der Waals surface area contributed by atoms with Gasteiger partial charge in [0, 0.05) is 23.5 Å². The fraction of sp³-hybridized carbons (Fsp3) is 0.407. The van der Waals surface area contributed by atoms with Gasteiger partial charge in [-0.2, -0.15) is 0 Å². The Morgan fingerprint density at radius 3 is 1.79 bits per heavy atom. The van der Waals surface area contributed by atoms with Crippen molar-refractivity contribution in [2.24, 2.45) is 0 Å². The SMILES string of the molecule is CCCCCCCCc1ccc(-c2ccc(-c3ccc(CCC)cn3)cn2)cc1. The summed E-state index contributed by atoms with van der Waals surface area (Å²) in [5.74, 6) is 0. The first-order valence-corrected chi connectivity index (χ1v) is 11.3. The molecular weight excluding hydrogens is 352 g/mol. The Bertz CT molecular complexity index is 833. The van der Waals surface area contributed by atoms with Crippen LogP contribution in [0.5, 0.6) is 0 Å². The van der Waals surface area contributed by atoms with E-state index in [0.717, 1.165) is 29.8 Å². The molecule has 0 atom stereocenters. The van der Waals surface area contributed by atoms with Crippen LogP contribution in [0.4, 0.5) is 0 Å². The molecule has 3 rings (SSSR count). The Morgan fingerprint density at radius 2 is 1.14 bits per heavy atom. The van der Waals surface area contributed by atoms with Gasteiger partial charge in [0.25, 0.3) is 0 Å². The highest BCUT2D eigenvalue weighted by Crippen LogP contribution is 2.22. The van der Waals surface area contributed by atoms with Gasteiger partial charge < -0.3 is 0 Å². The Balaban J connectivity index is 1.55. The number of unbranched alkanes of at least 4 members (excludes halogenated alkanes) is 5. The standard InChI is InChI=1S/C27H34N2/c1-3-5-6-7-8-9-11-22-12-15-24(16-13-22)26-19-17-25(21-29-26)27-18-14-23(10-4-2)20-28-27/h12-21H,3-11H2,1-2H3. The van der Waals surface area contributed by atoms with E-state index in [-0.39, 0.29) is 0 Å². The Kier molecular flexibility index (Phi) is 8.42. The topological polar surface area (TPSA) is 25.8 Å². The van der Waals surface area contributed by atoms with E-state index in [2.05, 4.69) is 72.3 Å². The zero-order valence-electron chi connectivity index (χ0n) is 18.0. The van der Waals surface area contributed by atoms with Crippen molar-refractivity contribution >= 4 is 0 Å². The van der Waals surface area contributed by atoms with Crippen LogP contribution < -0.4 is 0 Å². The molecule has 0 saturated carbocycles. The maximum atomic E-state index is 4.68. The smallest absolute Gasteiger partial charge is 0.0717 e. The largest absolute Gasteiger partial charge is 0.256 e. The maximum Gasteiger partial charge on any atom is 0.0717 e. The van der Waals surface area contributed by atoms with Crippen LogP contribution in [0.15, 0.2) is 60.9 Å². The van der Waals surface area contributed by atoms with Crippen LogP contribution in [0.25, 0.3) is 22.5 Å². The molecule has 2 heteroatoms. The molecule has 0 aliphatic rings. The van der Waals surface area contributed by atoms with Gasteiger partial charge in [-0.3, -0.25) is 9.97 Å². The van der Waals surface area contributed by atoms with Crippen LogP contribution in [-0.2, 0) is 12.8 Å². The minimum atomic E-state index is 0.984. The van der Waals surface area contributed by atoms with Crippen LogP contribution >= 0.6 is 0 Å². The highest BCUT2D eigenvalue weighted by Gasteiger charge is 2.04. The summed E-state index contributed by atoms with van der Waals surface area (Å²) >= 11 is 0. The molecule has 2 aromatic heterocycles. The van der Waals surface area contributed by atoms with Crippen molar-refractivity contribution in [3.63, 3.8) is 0 Å². The zero-order chi connectivity index (χ0) is 20.3. The summed E-state index contributed by atoms with van der Waals surface area (Å²) in [5, 5.41) is 0. The number of nitrogens with zero attached hydrogens (tertiary/aromatic N) is 2. The molecule has 0 radical (unpaired) electrons. The number of benzene rings is 1. The number of aryl methyl sites for hydroxylation is 2. The van der Waals surface area contributed by atoms with Crippen LogP contribution in [0.2, 0.25) is 0 Å². The Morgan fingerprint density at radius 1 is 0.517 bits per heavy atom.